The van der Waals surface area contributed by atoms with Crippen molar-refractivity contribution in [3.8, 4) is 0 Å². The number of aliphatic hydroxyl groups is 2. The lowest BCUT2D eigenvalue weighted by Gasteiger charge is -2.21. The van der Waals surface area contributed by atoms with Gasteiger partial charge in [0.15, 0.2) is 17.9 Å². The van der Waals surface area contributed by atoms with Crippen molar-refractivity contribution in [2.45, 2.75) is 51.4 Å². The molecule has 4 atom stereocenters. The van der Waals surface area contributed by atoms with Gasteiger partial charge in [-0.3, -0.25) is 4.57 Å². The van der Waals surface area contributed by atoms with Crippen molar-refractivity contribution >= 4 is 28.6 Å². The van der Waals surface area contributed by atoms with Crippen LogP contribution in [0.15, 0.2) is 6.07 Å². The van der Waals surface area contributed by atoms with Crippen molar-refractivity contribution in [3.63, 3.8) is 0 Å². The summed E-state index contributed by atoms with van der Waals surface area (Å²) >= 11 is 5.75. The second kappa shape index (κ2) is 6.11. The Labute approximate surface area is 142 Å². The van der Waals surface area contributed by atoms with Crippen LogP contribution in [0, 0.1) is 11.6 Å². The lowest BCUT2D eigenvalue weighted by Crippen LogP contribution is -2.31. The Kier molecular flexibility index (Phi) is 4.41. The first kappa shape index (κ1) is 17.3. The first-order valence-electron chi connectivity index (χ1n) is 7.56. The Bertz CT molecular complexity index is 783. The maximum absolute atomic E-state index is 14.2. The van der Waals surface area contributed by atoms with E-state index in [1.165, 1.54) is 10.6 Å². The van der Waals surface area contributed by atoms with Gasteiger partial charge in [0.1, 0.15) is 17.7 Å². The number of aromatic nitrogens is 2. The molecule has 1 aliphatic rings. The van der Waals surface area contributed by atoms with Gasteiger partial charge in [-0.15, -0.1) is 0 Å². The molecule has 2 aromatic rings. The van der Waals surface area contributed by atoms with Crippen LogP contribution in [0.3, 0.4) is 0 Å². The van der Waals surface area contributed by atoms with E-state index in [0.29, 0.717) is 0 Å². The van der Waals surface area contributed by atoms with Gasteiger partial charge in [0, 0.05) is 6.04 Å². The van der Waals surface area contributed by atoms with Crippen molar-refractivity contribution < 1.29 is 23.7 Å². The number of nitrogens with one attached hydrogen (secondary N) is 1. The zero-order valence-corrected chi connectivity index (χ0v) is 14.1. The molecule has 132 valence electrons. The molecule has 0 bridgehead atoms. The molecule has 0 amide bonds. The fourth-order valence-electron chi connectivity index (χ4n) is 2.80. The highest BCUT2D eigenvalue weighted by molar-refractivity contribution is 6.31. The van der Waals surface area contributed by atoms with Crippen LogP contribution in [0.5, 0.6) is 0 Å². The van der Waals surface area contributed by atoms with E-state index in [9.17, 15) is 19.0 Å². The number of imidazole rings is 1. The van der Waals surface area contributed by atoms with E-state index in [-0.39, 0.29) is 23.0 Å². The summed E-state index contributed by atoms with van der Waals surface area (Å²) in [5.74, 6) is -2.18. The van der Waals surface area contributed by atoms with E-state index in [2.05, 4.69) is 10.3 Å². The number of hydrogen-bond acceptors (Lipinski definition) is 5. The van der Waals surface area contributed by atoms with Crippen LogP contribution in [0.2, 0.25) is 5.02 Å². The van der Waals surface area contributed by atoms with Gasteiger partial charge >= 0.3 is 0 Å². The quantitative estimate of drug-likeness (QED) is 0.732. The third kappa shape index (κ3) is 2.63. The number of halogens is 3. The normalized spacial score (nSPS) is 27.4. The zero-order chi connectivity index (χ0) is 17.8. The van der Waals surface area contributed by atoms with Crippen LogP contribution in [-0.4, -0.2) is 44.1 Å². The summed E-state index contributed by atoms with van der Waals surface area (Å²) in [5.41, 5.74) is -0.0720. The number of rotatable bonds is 3. The molecule has 6 nitrogen and oxygen atoms in total. The minimum Gasteiger partial charge on any atom is -0.388 e. The monoisotopic (exact) mass is 361 g/mol. The van der Waals surface area contributed by atoms with E-state index >= 15 is 0 Å². The third-order valence-electron chi connectivity index (χ3n) is 3.97. The molecule has 0 saturated carbocycles. The van der Waals surface area contributed by atoms with E-state index < -0.39 is 41.2 Å². The topological polar surface area (TPSA) is 79.5 Å². The number of hydrogen-bond donors (Lipinski definition) is 3. The molecular weight excluding hydrogens is 344 g/mol. The van der Waals surface area contributed by atoms with Crippen LogP contribution >= 0.6 is 11.6 Å². The van der Waals surface area contributed by atoms with Crippen molar-refractivity contribution in [2.24, 2.45) is 0 Å². The van der Waals surface area contributed by atoms with Gasteiger partial charge < -0.3 is 20.3 Å². The summed E-state index contributed by atoms with van der Waals surface area (Å²) in [6, 6.07) is 1.16. The summed E-state index contributed by atoms with van der Waals surface area (Å²) < 4.78 is 34.9. The number of ether oxygens (including phenoxy) is 1. The first-order chi connectivity index (χ1) is 11.2. The van der Waals surface area contributed by atoms with Gasteiger partial charge in [-0.25, -0.2) is 13.8 Å². The van der Waals surface area contributed by atoms with Crippen LogP contribution in [0.4, 0.5) is 14.7 Å². The van der Waals surface area contributed by atoms with Crippen molar-refractivity contribution in [2.75, 3.05) is 5.32 Å². The maximum Gasteiger partial charge on any atom is 0.206 e. The van der Waals surface area contributed by atoms with Crippen molar-refractivity contribution in [1.29, 1.82) is 0 Å². The Hall–Kier alpha value is -1.48. The summed E-state index contributed by atoms with van der Waals surface area (Å²) in [6.07, 6.45) is -4.01. The Morgan fingerprint density at radius 1 is 1.29 bits per heavy atom. The molecule has 24 heavy (non-hydrogen) atoms. The standard InChI is InChI=1S/C15H18ClF2N3O3/c1-5(2)19-15-20-11-8(4-7(16)9(17)10(11)18)21(15)14-13(23)12(22)6(3)24-14/h4-6,12-14,22-23H,1-3H3,(H,19,20)/t6-,12-,13-,14-/m1/s1. The molecular formula is C15H18ClF2N3O3. The molecule has 1 aliphatic heterocycles. The predicted molar refractivity (Wildman–Crippen MR) is 85.0 cm³/mol. The van der Waals surface area contributed by atoms with Gasteiger partial charge in [-0.1, -0.05) is 11.6 Å². The number of nitrogens with zero attached hydrogens (tertiary/aromatic N) is 2. The predicted octanol–water partition coefficient (Wildman–Crippen LogP) is 2.43. The van der Waals surface area contributed by atoms with Crippen LogP contribution < -0.4 is 5.32 Å². The van der Waals surface area contributed by atoms with Gasteiger partial charge in [-0.05, 0) is 26.8 Å². The molecule has 2 heterocycles. The SMILES string of the molecule is CC(C)Nc1nc2c(F)c(F)c(Cl)cc2n1[C@@H]1O[C@H](C)[C@@H](O)[C@H]1O. The Morgan fingerprint density at radius 3 is 2.50 bits per heavy atom. The number of aliphatic hydroxyl groups excluding tert-OH is 2. The van der Waals surface area contributed by atoms with Crippen molar-refractivity contribution in [1.82, 2.24) is 9.55 Å². The summed E-state index contributed by atoms with van der Waals surface area (Å²) in [4.78, 5) is 4.09. The fraction of sp³-hybridized carbons (Fsp3) is 0.533. The van der Waals surface area contributed by atoms with Crippen LogP contribution in [0.1, 0.15) is 27.0 Å². The van der Waals surface area contributed by atoms with Gasteiger partial charge in [0.05, 0.1) is 16.6 Å². The molecule has 0 spiro atoms. The summed E-state index contributed by atoms with van der Waals surface area (Å²) in [6.45, 7) is 5.30. The molecule has 0 unspecified atom stereocenters. The average Bonchev–Trinajstić information content (AvgIpc) is 2.97. The zero-order valence-electron chi connectivity index (χ0n) is 13.3. The minimum atomic E-state index is -1.25. The molecule has 3 rings (SSSR count). The second-order valence-corrected chi connectivity index (χ2v) is 6.58. The molecule has 3 N–H and O–H groups in total. The summed E-state index contributed by atoms with van der Waals surface area (Å²) in [5, 5.41) is 22.8. The number of benzene rings is 1. The molecule has 0 aliphatic carbocycles. The van der Waals surface area contributed by atoms with Crippen molar-refractivity contribution in [3.05, 3.63) is 22.7 Å². The molecule has 1 aromatic carbocycles. The smallest absolute Gasteiger partial charge is 0.206 e. The van der Waals surface area contributed by atoms with Crippen LogP contribution in [-0.2, 0) is 4.74 Å². The van der Waals surface area contributed by atoms with E-state index in [0.717, 1.165) is 0 Å². The maximum atomic E-state index is 14.2. The molecule has 9 heteroatoms. The van der Waals surface area contributed by atoms with E-state index in [1.54, 1.807) is 6.92 Å². The van der Waals surface area contributed by atoms with Crippen LogP contribution in [0.25, 0.3) is 11.0 Å². The molecule has 1 aromatic heterocycles. The van der Waals surface area contributed by atoms with Gasteiger partial charge in [0.25, 0.3) is 0 Å². The Balaban J connectivity index is 2.24. The lowest BCUT2D eigenvalue weighted by atomic mass is 10.1. The largest absolute Gasteiger partial charge is 0.388 e. The second-order valence-electron chi connectivity index (χ2n) is 6.17. The number of fused-ring (bicyclic) bond motifs is 1. The highest BCUT2D eigenvalue weighted by Gasteiger charge is 2.43. The van der Waals surface area contributed by atoms with E-state index in [1.807, 2.05) is 13.8 Å². The first-order valence-corrected chi connectivity index (χ1v) is 7.93. The average molecular weight is 362 g/mol. The molecule has 0 radical (unpaired) electrons. The van der Waals surface area contributed by atoms with E-state index in [4.69, 9.17) is 16.3 Å². The Morgan fingerprint density at radius 2 is 1.96 bits per heavy atom. The van der Waals surface area contributed by atoms with Gasteiger partial charge in [-0.2, -0.15) is 0 Å². The third-order valence-corrected chi connectivity index (χ3v) is 4.25. The lowest BCUT2D eigenvalue weighted by molar-refractivity contribution is -0.0284. The highest BCUT2D eigenvalue weighted by Crippen LogP contribution is 2.37. The highest BCUT2D eigenvalue weighted by atomic mass is 35.5. The minimum absolute atomic E-state index is 0.0650. The fourth-order valence-corrected chi connectivity index (χ4v) is 2.98. The summed E-state index contributed by atoms with van der Waals surface area (Å²) in [7, 11) is 0. The van der Waals surface area contributed by atoms with Gasteiger partial charge in [0.2, 0.25) is 5.95 Å². The molecule has 1 saturated heterocycles. The number of anilines is 1. The molecule has 1 fully saturated rings.